The second-order valence-electron chi connectivity index (χ2n) is 14.0. The van der Waals surface area contributed by atoms with Crippen molar-refractivity contribution in [1.82, 2.24) is 0 Å². The average molecular weight is 693 g/mol. The summed E-state index contributed by atoms with van der Waals surface area (Å²) in [7, 11) is 0. The van der Waals surface area contributed by atoms with Gasteiger partial charge in [0.15, 0.2) is 0 Å². The van der Waals surface area contributed by atoms with Crippen LogP contribution in [0.1, 0.15) is 11.1 Å². The Morgan fingerprint density at radius 2 is 0.630 bits per heavy atom. The molecule has 0 aromatic heterocycles. The normalized spacial score (nSPS) is 11.5. The Morgan fingerprint density at radius 3 is 1.07 bits per heavy atom. The van der Waals surface area contributed by atoms with Crippen molar-refractivity contribution in [3.05, 3.63) is 205 Å². The Bertz CT molecular complexity index is 2800. The zero-order valence-electron chi connectivity index (χ0n) is 29.7. The van der Waals surface area contributed by atoms with E-state index in [9.17, 15) is 0 Å². The molecule has 0 unspecified atom stereocenters. The lowest BCUT2D eigenvalue weighted by molar-refractivity contribution is 0.307. The summed E-state index contributed by atoms with van der Waals surface area (Å²) >= 11 is 0. The molecule has 0 saturated heterocycles. The molecule has 2 heteroatoms. The lowest BCUT2D eigenvalue weighted by atomic mass is 9.93. The second-order valence-corrected chi connectivity index (χ2v) is 14.0. The van der Waals surface area contributed by atoms with Crippen LogP contribution in [0.3, 0.4) is 0 Å². The first-order valence-corrected chi connectivity index (χ1v) is 18.5. The molecule has 10 aromatic carbocycles. The third kappa shape index (κ3) is 5.79. The molecular formula is C52H36O2. The van der Waals surface area contributed by atoms with Crippen molar-refractivity contribution in [3.63, 3.8) is 0 Å². The molecule has 0 radical (unpaired) electrons. The molecule has 0 saturated carbocycles. The van der Waals surface area contributed by atoms with Crippen LogP contribution >= 0.6 is 0 Å². The SMILES string of the molecule is c1ccc2c(-c3c(OCc4ccc5cc(COc6ccc7ccccc7c6-c6cccc7ccccc67)ccc5c4)ccc4ccccc34)cccc2c1. The molecule has 0 aliphatic rings. The monoisotopic (exact) mass is 692 g/mol. The van der Waals surface area contributed by atoms with Crippen molar-refractivity contribution in [2.75, 3.05) is 0 Å². The zero-order valence-corrected chi connectivity index (χ0v) is 29.7. The molecule has 0 spiro atoms. The Kier molecular flexibility index (Phi) is 8.00. The summed E-state index contributed by atoms with van der Waals surface area (Å²) in [5, 5.41) is 12.0. The van der Waals surface area contributed by atoms with Gasteiger partial charge in [0.05, 0.1) is 0 Å². The van der Waals surface area contributed by atoms with Crippen molar-refractivity contribution in [3.8, 4) is 33.8 Å². The number of rotatable bonds is 8. The zero-order chi connectivity index (χ0) is 35.8. The van der Waals surface area contributed by atoms with Crippen LogP contribution < -0.4 is 9.47 Å². The first-order chi connectivity index (χ1) is 26.8. The maximum absolute atomic E-state index is 6.68. The smallest absolute Gasteiger partial charge is 0.128 e. The molecule has 0 fully saturated rings. The highest BCUT2D eigenvalue weighted by molar-refractivity contribution is 6.09. The highest BCUT2D eigenvalue weighted by atomic mass is 16.5. The molecular weight excluding hydrogens is 657 g/mol. The first-order valence-electron chi connectivity index (χ1n) is 18.5. The fraction of sp³-hybridized carbons (Fsp3) is 0.0385. The van der Waals surface area contributed by atoms with E-state index >= 15 is 0 Å². The number of fused-ring (bicyclic) bond motifs is 5. The molecule has 0 N–H and O–H groups in total. The van der Waals surface area contributed by atoms with Crippen LogP contribution in [0.15, 0.2) is 194 Å². The van der Waals surface area contributed by atoms with Crippen molar-refractivity contribution in [1.29, 1.82) is 0 Å². The van der Waals surface area contributed by atoms with Gasteiger partial charge in [-0.25, -0.2) is 0 Å². The summed E-state index contributed by atoms with van der Waals surface area (Å²) in [6, 6.07) is 69.1. The fourth-order valence-electron chi connectivity index (χ4n) is 8.03. The van der Waals surface area contributed by atoms with Gasteiger partial charge in [0.1, 0.15) is 24.7 Å². The van der Waals surface area contributed by atoms with Crippen molar-refractivity contribution in [2.45, 2.75) is 13.2 Å². The molecule has 10 aromatic rings. The lowest BCUT2D eigenvalue weighted by Crippen LogP contribution is -1.99. The minimum absolute atomic E-state index is 0.468. The van der Waals surface area contributed by atoms with E-state index in [0.717, 1.165) is 33.8 Å². The average Bonchev–Trinajstić information content (AvgIpc) is 3.24. The summed E-state index contributed by atoms with van der Waals surface area (Å²) in [4.78, 5) is 0. The van der Waals surface area contributed by atoms with Gasteiger partial charge in [-0.2, -0.15) is 0 Å². The number of benzene rings is 10. The van der Waals surface area contributed by atoms with Gasteiger partial charge in [-0.15, -0.1) is 0 Å². The largest absolute Gasteiger partial charge is 0.488 e. The first kappa shape index (κ1) is 31.8. The Hall–Kier alpha value is -6.90. The van der Waals surface area contributed by atoms with Crippen LogP contribution in [-0.4, -0.2) is 0 Å². The van der Waals surface area contributed by atoms with Crippen LogP contribution in [0.4, 0.5) is 0 Å². The molecule has 10 rings (SSSR count). The summed E-state index contributed by atoms with van der Waals surface area (Å²) < 4.78 is 13.4. The third-order valence-electron chi connectivity index (χ3n) is 10.7. The van der Waals surface area contributed by atoms with Gasteiger partial charge in [0, 0.05) is 11.1 Å². The van der Waals surface area contributed by atoms with E-state index in [1.807, 2.05) is 0 Å². The van der Waals surface area contributed by atoms with E-state index < -0.39 is 0 Å². The van der Waals surface area contributed by atoms with E-state index in [1.165, 1.54) is 65.0 Å². The highest BCUT2D eigenvalue weighted by Gasteiger charge is 2.16. The summed E-state index contributed by atoms with van der Waals surface area (Å²) in [5.74, 6) is 1.77. The van der Waals surface area contributed by atoms with Crippen molar-refractivity contribution >= 4 is 53.9 Å². The third-order valence-corrected chi connectivity index (χ3v) is 10.7. The van der Waals surface area contributed by atoms with Crippen LogP contribution in [0.5, 0.6) is 11.5 Å². The maximum Gasteiger partial charge on any atom is 0.128 e. The van der Waals surface area contributed by atoms with Crippen molar-refractivity contribution in [2.24, 2.45) is 0 Å². The summed E-state index contributed by atoms with van der Waals surface area (Å²) in [5.41, 5.74) is 6.87. The quantitative estimate of drug-likeness (QED) is 0.158. The molecule has 0 bridgehead atoms. The molecule has 0 atom stereocenters. The predicted molar refractivity (Wildman–Crippen MR) is 226 cm³/mol. The van der Waals surface area contributed by atoms with Crippen LogP contribution in [0, 0.1) is 0 Å². The minimum atomic E-state index is 0.468. The van der Waals surface area contributed by atoms with Crippen LogP contribution in [0.25, 0.3) is 76.1 Å². The van der Waals surface area contributed by atoms with Crippen LogP contribution in [-0.2, 0) is 13.2 Å². The minimum Gasteiger partial charge on any atom is -0.488 e. The maximum atomic E-state index is 6.68. The Balaban J connectivity index is 0.930. The van der Waals surface area contributed by atoms with Gasteiger partial charge < -0.3 is 9.47 Å². The van der Waals surface area contributed by atoms with Gasteiger partial charge >= 0.3 is 0 Å². The Morgan fingerprint density at radius 1 is 0.278 bits per heavy atom. The summed E-state index contributed by atoms with van der Waals surface area (Å²) in [6.45, 7) is 0.936. The van der Waals surface area contributed by atoms with Gasteiger partial charge in [-0.1, -0.05) is 170 Å². The fourth-order valence-corrected chi connectivity index (χ4v) is 8.03. The van der Waals surface area contributed by atoms with E-state index in [2.05, 4.69) is 194 Å². The molecule has 2 nitrogen and oxygen atoms in total. The summed E-state index contributed by atoms with van der Waals surface area (Å²) in [6.07, 6.45) is 0. The Labute approximate surface area is 314 Å². The standard InChI is InChI=1S/C52H36O2/c1-5-17-43-37(11-1)15-9-21-47(43)51-45-19-7-3-13-39(45)27-29-49(51)53-33-35-23-25-42-32-36(24-26-41(42)31-35)34-54-50-30-28-40-14-4-8-20-46(40)52(50)48-22-10-16-38-12-2-6-18-44(38)48/h1-32H,33-34H2. The predicted octanol–water partition coefficient (Wildman–Crippen LogP) is 13.9. The molecule has 0 aliphatic carbocycles. The molecule has 256 valence electrons. The van der Waals surface area contributed by atoms with Gasteiger partial charge in [0.2, 0.25) is 0 Å². The van der Waals surface area contributed by atoms with E-state index in [-0.39, 0.29) is 0 Å². The van der Waals surface area contributed by atoms with E-state index in [1.54, 1.807) is 0 Å². The van der Waals surface area contributed by atoms with Crippen molar-refractivity contribution < 1.29 is 9.47 Å². The molecule has 0 heterocycles. The van der Waals surface area contributed by atoms with E-state index in [0.29, 0.717) is 13.2 Å². The number of ether oxygens (including phenoxy) is 2. The lowest BCUT2D eigenvalue weighted by Gasteiger charge is -2.17. The van der Waals surface area contributed by atoms with Gasteiger partial charge in [-0.05, 0) is 100 Å². The highest BCUT2D eigenvalue weighted by Crippen LogP contribution is 2.42. The molecule has 0 aliphatic heterocycles. The van der Waals surface area contributed by atoms with Gasteiger partial charge in [-0.3, -0.25) is 0 Å². The number of hydrogen-bond donors (Lipinski definition) is 0. The topological polar surface area (TPSA) is 18.5 Å². The molecule has 54 heavy (non-hydrogen) atoms. The van der Waals surface area contributed by atoms with Gasteiger partial charge in [0.25, 0.3) is 0 Å². The second kappa shape index (κ2) is 13.6. The molecule has 0 amide bonds. The van der Waals surface area contributed by atoms with Crippen LogP contribution in [0.2, 0.25) is 0 Å². The van der Waals surface area contributed by atoms with E-state index in [4.69, 9.17) is 9.47 Å². The number of hydrogen-bond acceptors (Lipinski definition) is 2.